The molecule has 1 aliphatic heterocycles. The summed E-state index contributed by atoms with van der Waals surface area (Å²) in [6.07, 6.45) is 0.843. The average molecular weight is 546 g/mol. The number of ether oxygens (including phenoxy) is 1. The third-order valence-corrected chi connectivity index (χ3v) is 11.5. The van der Waals surface area contributed by atoms with Crippen LogP contribution in [0.25, 0.3) is 0 Å². The SMILES string of the molecule is COc1cccc(CN2CCC([P+](c3ccccc3)(c3ccccc3)c3ccccc3)C2=O)c1.[Br-]. The monoisotopic (exact) mass is 545 g/mol. The summed E-state index contributed by atoms with van der Waals surface area (Å²) in [5, 5.41) is 3.77. The molecule has 0 saturated carbocycles. The number of likely N-dealkylation sites (tertiary alicyclic amines) is 1. The van der Waals surface area contributed by atoms with Crippen LogP contribution in [0.3, 0.4) is 0 Å². The van der Waals surface area contributed by atoms with Crippen LogP contribution in [0.1, 0.15) is 12.0 Å². The van der Waals surface area contributed by atoms with Crippen molar-refractivity contribution in [1.82, 2.24) is 4.90 Å². The van der Waals surface area contributed by atoms with Gasteiger partial charge in [0, 0.05) is 19.5 Å². The van der Waals surface area contributed by atoms with Crippen molar-refractivity contribution < 1.29 is 26.5 Å². The number of hydrogen-bond acceptors (Lipinski definition) is 2. The third kappa shape index (κ3) is 4.78. The first kappa shape index (κ1) is 25.2. The van der Waals surface area contributed by atoms with Gasteiger partial charge in [-0.25, -0.2) is 0 Å². The minimum Gasteiger partial charge on any atom is -1.00 e. The number of hydrogen-bond donors (Lipinski definition) is 0. The molecule has 0 aromatic heterocycles. The van der Waals surface area contributed by atoms with Crippen molar-refractivity contribution in [2.75, 3.05) is 13.7 Å². The van der Waals surface area contributed by atoms with Crippen LogP contribution in [0.4, 0.5) is 0 Å². The minimum absolute atomic E-state index is 0. The highest BCUT2D eigenvalue weighted by molar-refractivity contribution is 7.96. The van der Waals surface area contributed by atoms with Crippen molar-refractivity contribution in [2.24, 2.45) is 0 Å². The Morgan fingerprint density at radius 1 is 0.771 bits per heavy atom. The van der Waals surface area contributed by atoms with Crippen LogP contribution in [-0.2, 0) is 11.3 Å². The van der Waals surface area contributed by atoms with Crippen LogP contribution in [0.15, 0.2) is 115 Å². The van der Waals surface area contributed by atoms with Gasteiger partial charge in [-0.1, -0.05) is 66.7 Å². The van der Waals surface area contributed by atoms with Crippen LogP contribution >= 0.6 is 7.26 Å². The Kier molecular flexibility index (Phi) is 8.05. The molecule has 0 spiro atoms. The number of halogens is 1. The standard InChI is InChI=1S/C30H29NO2P.BrH/c1-33-25-13-11-12-24(22-25)23-31-21-20-29(30(31)32)34(26-14-5-2-6-15-26,27-16-7-3-8-17-27)28-18-9-4-10-19-28;/h2-19,22,29H,20-21,23H2,1H3;1H/q+1;/p-1. The third-order valence-electron chi connectivity index (χ3n) is 6.73. The zero-order valence-electron chi connectivity index (χ0n) is 19.8. The van der Waals surface area contributed by atoms with E-state index >= 15 is 0 Å². The molecule has 35 heavy (non-hydrogen) atoms. The van der Waals surface area contributed by atoms with E-state index in [-0.39, 0.29) is 28.5 Å². The van der Waals surface area contributed by atoms with E-state index in [1.165, 1.54) is 15.9 Å². The molecule has 3 nitrogen and oxygen atoms in total. The first-order valence-electron chi connectivity index (χ1n) is 11.7. The van der Waals surface area contributed by atoms with Gasteiger partial charge in [0.15, 0.2) is 5.66 Å². The van der Waals surface area contributed by atoms with Crippen LogP contribution < -0.4 is 37.6 Å². The fourth-order valence-electron chi connectivity index (χ4n) is 5.21. The highest BCUT2D eigenvalue weighted by Crippen LogP contribution is 2.62. The number of carbonyl (C=O) groups excluding carboxylic acids is 1. The minimum atomic E-state index is -2.23. The van der Waals surface area contributed by atoms with Crippen LogP contribution in [-0.4, -0.2) is 30.1 Å². The highest BCUT2D eigenvalue weighted by atomic mass is 79.9. The van der Waals surface area contributed by atoms with Crippen molar-refractivity contribution in [3.63, 3.8) is 0 Å². The molecule has 1 atom stereocenters. The fraction of sp³-hybridized carbons (Fsp3) is 0.167. The largest absolute Gasteiger partial charge is 1.00 e. The Morgan fingerprint density at radius 2 is 1.29 bits per heavy atom. The maximum absolute atomic E-state index is 14.2. The van der Waals surface area contributed by atoms with Crippen molar-refractivity contribution in [1.29, 1.82) is 0 Å². The van der Waals surface area contributed by atoms with Gasteiger partial charge in [-0.05, 0) is 54.1 Å². The number of nitrogens with zero attached hydrogens (tertiary/aromatic N) is 1. The molecule has 5 heteroatoms. The summed E-state index contributed by atoms with van der Waals surface area (Å²) in [5.74, 6) is 1.06. The van der Waals surface area contributed by atoms with Gasteiger partial charge >= 0.3 is 0 Å². The van der Waals surface area contributed by atoms with Gasteiger partial charge < -0.3 is 26.6 Å². The fourth-order valence-corrected chi connectivity index (χ4v) is 10.1. The molecule has 0 N–H and O–H groups in total. The molecule has 1 unspecified atom stereocenters. The van der Waals surface area contributed by atoms with E-state index in [1.807, 2.05) is 23.1 Å². The van der Waals surface area contributed by atoms with E-state index in [9.17, 15) is 4.79 Å². The molecule has 1 amide bonds. The summed E-state index contributed by atoms with van der Waals surface area (Å²) in [5.41, 5.74) is 1.00. The van der Waals surface area contributed by atoms with Crippen molar-refractivity contribution >= 4 is 29.1 Å². The Labute approximate surface area is 218 Å². The van der Waals surface area contributed by atoms with E-state index in [4.69, 9.17) is 4.74 Å². The molecule has 178 valence electrons. The Hall–Kier alpha value is -2.94. The predicted octanol–water partition coefficient (Wildman–Crippen LogP) is 1.79. The number of carbonyl (C=O) groups is 1. The molecule has 1 fully saturated rings. The number of rotatable bonds is 7. The molecular weight excluding hydrogens is 517 g/mol. The van der Waals surface area contributed by atoms with Gasteiger partial charge in [0.25, 0.3) is 5.91 Å². The molecular formula is C30H29BrNO2P. The Morgan fingerprint density at radius 3 is 1.77 bits per heavy atom. The number of benzene rings is 4. The van der Waals surface area contributed by atoms with Gasteiger partial charge in [0.1, 0.15) is 28.9 Å². The second-order valence-electron chi connectivity index (χ2n) is 8.65. The van der Waals surface area contributed by atoms with Crippen molar-refractivity contribution in [2.45, 2.75) is 18.6 Å². The first-order chi connectivity index (χ1) is 16.7. The van der Waals surface area contributed by atoms with Crippen LogP contribution in [0.2, 0.25) is 0 Å². The lowest BCUT2D eigenvalue weighted by atomic mass is 10.2. The quantitative estimate of drug-likeness (QED) is 0.331. The van der Waals surface area contributed by atoms with E-state index in [1.54, 1.807) is 7.11 Å². The summed E-state index contributed by atoms with van der Waals surface area (Å²) in [4.78, 5) is 16.2. The van der Waals surface area contributed by atoms with Gasteiger partial charge in [-0.2, -0.15) is 0 Å². The topological polar surface area (TPSA) is 29.5 Å². The van der Waals surface area contributed by atoms with Gasteiger partial charge in [0.05, 0.1) is 7.11 Å². The van der Waals surface area contributed by atoms with Crippen LogP contribution in [0, 0.1) is 0 Å². The van der Waals surface area contributed by atoms with Crippen molar-refractivity contribution in [3.8, 4) is 5.75 Å². The number of methoxy groups -OCH3 is 1. The lowest BCUT2D eigenvalue weighted by Gasteiger charge is -2.32. The predicted molar refractivity (Wildman–Crippen MR) is 142 cm³/mol. The van der Waals surface area contributed by atoms with Gasteiger partial charge in [-0.3, -0.25) is 4.79 Å². The van der Waals surface area contributed by atoms with E-state index < -0.39 is 7.26 Å². The molecule has 4 aromatic rings. The molecule has 0 bridgehead atoms. The smallest absolute Gasteiger partial charge is 0.264 e. The van der Waals surface area contributed by atoms with E-state index in [0.717, 1.165) is 24.3 Å². The normalized spacial score (nSPS) is 15.5. The summed E-state index contributed by atoms with van der Waals surface area (Å²) in [7, 11) is -0.555. The van der Waals surface area contributed by atoms with Crippen LogP contribution in [0.5, 0.6) is 5.75 Å². The molecule has 5 rings (SSSR count). The molecule has 0 aliphatic carbocycles. The number of amides is 1. The molecule has 0 radical (unpaired) electrons. The molecule has 1 heterocycles. The maximum Gasteiger partial charge on any atom is 0.264 e. The molecule has 1 saturated heterocycles. The highest BCUT2D eigenvalue weighted by Gasteiger charge is 2.58. The molecule has 4 aromatic carbocycles. The maximum atomic E-state index is 14.2. The van der Waals surface area contributed by atoms with Gasteiger partial charge in [-0.15, -0.1) is 0 Å². The zero-order valence-corrected chi connectivity index (χ0v) is 22.2. The summed E-state index contributed by atoms with van der Waals surface area (Å²) >= 11 is 0. The summed E-state index contributed by atoms with van der Waals surface area (Å²) in [6, 6.07) is 40.1. The van der Waals surface area contributed by atoms with E-state index in [0.29, 0.717) is 6.54 Å². The second-order valence-corrected chi connectivity index (χ2v) is 12.3. The summed E-state index contributed by atoms with van der Waals surface area (Å²) in [6.45, 7) is 1.36. The average Bonchev–Trinajstić information content (AvgIpc) is 3.26. The lowest BCUT2D eigenvalue weighted by Crippen LogP contribution is -3.00. The van der Waals surface area contributed by atoms with E-state index in [2.05, 4.69) is 97.1 Å². The Balaban J connectivity index is 0.00000289. The second kappa shape index (κ2) is 11.2. The first-order valence-corrected chi connectivity index (χ1v) is 13.6. The zero-order chi connectivity index (χ0) is 23.4. The summed E-state index contributed by atoms with van der Waals surface area (Å²) < 4.78 is 5.40. The lowest BCUT2D eigenvalue weighted by molar-refractivity contribution is -0.127. The Bertz CT molecular complexity index is 1150. The van der Waals surface area contributed by atoms with Crippen molar-refractivity contribution in [3.05, 3.63) is 121 Å². The van der Waals surface area contributed by atoms with Gasteiger partial charge in [0.2, 0.25) is 0 Å². The molecule has 1 aliphatic rings.